The van der Waals surface area contributed by atoms with Crippen LogP contribution in [0.1, 0.15) is 10.4 Å². The maximum absolute atomic E-state index is 12.1. The molecule has 2 aromatic rings. The molecule has 0 saturated heterocycles. The van der Waals surface area contributed by atoms with Gasteiger partial charge in [0.1, 0.15) is 18.3 Å². The number of methoxy groups -OCH3 is 1. The summed E-state index contributed by atoms with van der Waals surface area (Å²) in [5, 5.41) is 2.73. The fraction of sp³-hybridized carbons (Fsp3) is 0.250. The quantitative estimate of drug-likeness (QED) is 0.918. The number of anilines is 2. The Hall–Kier alpha value is -2.09. The Morgan fingerprint density at radius 1 is 1.45 bits per heavy atom. The number of nitrogens with one attached hydrogen (secondary N) is 1. The average Bonchev–Trinajstić information content (AvgIpc) is 2.85. The standard InChI is InChI=1S/C12H13BrN4O3/c1-17(2)10-9(12(19-3)15-6-14-10)16-11(18)7-4-8(13)20-5-7/h4-6H,1-3H3,(H,16,18). The molecule has 2 heterocycles. The van der Waals surface area contributed by atoms with Crippen molar-refractivity contribution in [3.8, 4) is 5.88 Å². The van der Waals surface area contributed by atoms with Crippen LogP contribution in [0.2, 0.25) is 0 Å². The maximum atomic E-state index is 12.1. The minimum Gasteiger partial charge on any atom is -0.479 e. The van der Waals surface area contributed by atoms with Gasteiger partial charge >= 0.3 is 0 Å². The van der Waals surface area contributed by atoms with Gasteiger partial charge in [-0.1, -0.05) is 0 Å². The van der Waals surface area contributed by atoms with E-state index in [-0.39, 0.29) is 5.91 Å². The van der Waals surface area contributed by atoms with Gasteiger partial charge in [0.2, 0.25) is 5.88 Å². The third-order valence-corrected chi connectivity index (χ3v) is 2.89. The van der Waals surface area contributed by atoms with Crippen molar-refractivity contribution in [2.75, 3.05) is 31.4 Å². The molecule has 7 nitrogen and oxygen atoms in total. The molecule has 8 heteroatoms. The molecule has 0 spiro atoms. The van der Waals surface area contributed by atoms with Gasteiger partial charge in [0.05, 0.1) is 12.7 Å². The molecule has 0 unspecified atom stereocenters. The summed E-state index contributed by atoms with van der Waals surface area (Å²) in [6.45, 7) is 0. The van der Waals surface area contributed by atoms with Crippen molar-refractivity contribution in [3.63, 3.8) is 0 Å². The third-order valence-electron chi connectivity index (χ3n) is 2.48. The predicted molar refractivity (Wildman–Crippen MR) is 77.3 cm³/mol. The molecule has 0 radical (unpaired) electrons. The largest absolute Gasteiger partial charge is 0.479 e. The zero-order valence-electron chi connectivity index (χ0n) is 11.2. The summed E-state index contributed by atoms with van der Waals surface area (Å²) in [6, 6.07) is 1.57. The summed E-state index contributed by atoms with van der Waals surface area (Å²) in [7, 11) is 5.10. The van der Waals surface area contributed by atoms with E-state index in [1.807, 2.05) is 14.1 Å². The molecule has 2 aromatic heterocycles. The van der Waals surface area contributed by atoms with Crippen LogP contribution in [0.15, 0.2) is 27.7 Å². The van der Waals surface area contributed by atoms with Gasteiger partial charge in [0, 0.05) is 20.2 Å². The predicted octanol–water partition coefficient (Wildman–Crippen LogP) is 2.16. The molecule has 0 bridgehead atoms. The van der Waals surface area contributed by atoms with Crippen LogP contribution in [0.5, 0.6) is 5.88 Å². The molecule has 0 aromatic carbocycles. The molecule has 0 aliphatic carbocycles. The SMILES string of the molecule is COc1ncnc(N(C)C)c1NC(=O)c1coc(Br)c1. The highest BCUT2D eigenvalue weighted by Gasteiger charge is 2.18. The second kappa shape index (κ2) is 5.91. The van der Waals surface area contributed by atoms with Gasteiger partial charge in [-0.25, -0.2) is 4.98 Å². The number of carbonyl (C=O) groups excluding carboxylic acids is 1. The van der Waals surface area contributed by atoms with Crippen molar-refractivity contribution in [1.82, 2.24) is 9.97 Å². The first kappa shape index (κ1) is 14.3. The Morgan fingerprint density at radius 3 is 2.75 bits per heavy atom. The molecule has 0 atom stereocenters. The highest BCUT2D eigenvalue weighted by molar-refractivity contribution is 9.10. The monoisotopic (exact) mass is 340 g/mol. The van der Waals surface area contributed by atoms with Gasteiger partial charge in [-0.05, 0) is 15.9 Å². The Labute approximate surface area is 124 Å². The van der Waals surface area contributed by atoms with Crippen molar-refractivity contribution in [2.45, 2.75) is 0 Å². The first-order valence-electron chi connectivity index (χ1n) is 5.64. The van der Waals surface area contributed by atoms with E-state index in [1.54, 1.807) is 11.0 Å². The summed E-state index contributed by atoms with van der Waals surface area (Å²) in [4.78, 5) is 22.0. The van der Waals surface area contributed by atoms with E-state index in [2.05, 4.69) is 31.2 Å². The van der Waals surface area contributed by atoms with E-state index in [0.717, 1.165) is 0 Å². The van der Waals surface area contributed by atoms with Gasteiger partial charge in [0.15, 0.2) is 10.5 Å². The second-order valence-corrected chi connectivity index (χ2v) is 4.85. The van der Waals surface area contributed by atoms with E-state index in [4.69, 9.17) is 9.15 Å². The molecule has 1 amide bonds. The Bertz CT molecular complexity index is 627. The number of hydrogen-bond donors (Lipinski definition) is 1. The van der Waals surface area contributed by atoms with Crippen LogP contribution in [0.4, 0.5) is 11.5 Å². The number of nitrogens with zero attached hydrogens (tertiary/aromatic N) is 3. The molecular formula is C12H13BrN4O3. The van der Waals surface area contributed by atoms with E-state index < -0.39 is 0 Å². The van der Waals surface area contributed by atoms with Gasteiger partial charge in [-0.2, -0.15) is 4.98 Å². The fourth-order valence-electron chi connectivity index (χ4n) is 1.58. The zero-order chi connectivity index (χ0) is 14.7. The fourth-order valence-corrected chi connectivity index (χ4v) is 1.92. The van der Waals surface area contributed by atoms with Crippen LogP contribution in [-0.4, -0.2) is 37.1 Å². The van der Waals surface area contributed by atoms with Crippen LogP contribution < -0.4 is 15.0 Å². The third kappa shape index (κ3) is 2.90. The molecule has 20 heavy (non-hydrogen) atoms. The van der Waals surface area contributed by atoms with Crippen LogP contribution >= 0.6 is 15.9 Å². The lowest BCUT2D eigenvalue weighted by Gasteiger charge is -2.17. The molecule has 0 aliphatic heterocycles. The number of carbonyl (C=O) groups is 1. The molecule has 1 N–H and O–H groups in total. The number of amides is 1. The van der Waals surface area contributed by atoms with Gasteiger partial charge in [0.25, 0.3) is 5.91 Å². The van der Waals surface area contributed by atoms with Crippen molar-refractivity contribution >= 4 is 33.3 Å². The van der Waals surface area contributed by atoms with E-state index >= 15 is 0 Å². The number of furan rings is 1. The first-order chi connectivity index (χ1) is 9.52. The van der Waals surface area contributed by atoms with Crippen LogP contribution in [0.25, 0.3) is 0 Å². The van der Waals surface area contributed by atoms with Crippen molar-refractivity contribution in [2.24, 2.45) is 0 Å². The number of rotatable bonds is 4. The normalized spacial score (nSPS) is 10.2. The van der Waals surface area contributed by atoms with Crippen molar-refractivity contribution < 1.29 is 13.9 Å². The first-order valence-corrected chi connectivity index (χ1v) is 6.44. The number of ether oxygens (including phenoxy) is 1. The lowest BCUT2D eigenvalue weighted by molar-refractivity contribution is 0.102. The number of hydrogen-bond acceptors (Lipinski definition) is 6. The zero-order valence-corrected chi connectivity index (χ0v) is 12.8. The van der Waals surface area contributed by atoms with Crippen LogP contribution in [-0.2, 0) is 0 Å². The van der Waals surface area contributed by atoms with Crippen molar-refractivity contribution in [3.05, 3.63) is 28.9 Å². The smallest absolute Gasteiger partial charge is 0.259 e. The van der Waals surface area contributed by atoms with Gasteiger partial charge < -0.3 is 19.4 Å². The highest BCUT2D eigenvalue weighted by atomic mass is 79.9. The number of aromatic nitrogens is 2. The Balaban J connectivity index is 2.34. The minimum atomic E-state index is -0.337. The van der Waals surface area contributed by atoms with Gasteiger partial charge in [-0.3, -0.25) is 4.79 Å². The minimum absolute atomic E-state index is 0.291. The van der Waals surface area contributed by atoms with E-state index in [1.165, 1.54) is 19.7 Å². The van der Waals surface area contributed by atoms with Crippen LogP contribution in [0.3, 0.4) is 0 Å². The summed E-state index contributed by atoms with van der Waals surface area (Å²) in [5.74, 6) is 0.503. The Morgan fingerprint density at radius 2 is 2.20 bits per heavy atom. The van der Waals surface area contributed by atoms with Crippen LogP contribution in [0, 0.1) is 0 Å². The maximum Gasteiger partial charge on any atom is 0.259 e. The molecule has 0 fully saturated rings. The summed E-state index contributed by atoms with van der Waals surface area (Å²) < 4.78 is 10.7. The molecule has 0 aliphatic rings. The molecule has 0 saturated carbocycles. The highest BCUT2D eigenvalue weighted by Crippen LogP contribution is 2.30. The second-order valence-electron chi connectivity index (χ2n) is 4.07. The molecule has 106 valence electrons. The number of halogens is 1. The van der Waals surface area contributed by atoms with E-state index in [9.17, 15) is 4.79 Å². The summed E-state index contributed by atoms with van der Waals surface area (Å²) >= 11 is 3.15. The lowest BCUT2D eigenvalue weighted by atomic mass is 10.3. The van der Waals surface area contributed by atoms with E-state index in [0.29, 0.717) is 27.6 Å². The van der Waals surface area contributed by atoms with Crippen molar-refractivity contribution in [1.29, 1.82) is 0 Å². The lowest BCUT2D eigenvalue weighted by Crippen LogP contribution is -2.18. The molecular weight excluding hydrogens is 328 g/mol. The van der Waals surface area contributed by atoms with Gasteiger partial charge in [-0.15, -0.1) is 0 Å². The average molecular weight is 341 g/mol. The summed E-state index contributed by atoms with van der Waals surface area (Å²) in [6.07, 6.45) is 2.73. The Kier molecular flexibility index (Phi) is 4.23. The topological polar surface area (TPSA) is 80.5 Å². The molecule has 2 rings (SSSR count). The summed E-state index contributed by atoms with van der Waals surface area (Å²) in [5.41, 5.74) is 0.787.